The zero-order valence-corrected chi connectivity index (χ0v) is 15.4. The number of anilines is 1. The smallest absolute Gasteiger partial charge is 0.228 e. The largest absolute Gasteiger partial charge is 0.481 e. The molecule has 4 rings (SSSR count). The fourth-order valence-electron chi connectivity index (χ4n) is 3.38. The molecule has 0 N–H and O–H groups in total. The Balaban J connectivity index is 1.31. The third-order valence-electron chi connectivity index (χ3n) is 4.79. The van der Waals surface area contributed by atoms with Crippen LogP contribution >= 0.6 is 11.3 Å². The van der Waals surface area contributed by atoms with Crippen molar-refractivity contribution in [2.45, 2.75) is 25.5 Å². The molecule has 0 spiro atoms. The second-order valence-electron chi connectivity index (χ2n) is 6.47. The number of rotatable bonds is 5. The third-order valence-corrected chi connectivity index (χ3v) is 5.95. The second kappa shape index (κ2) is 7.68. The Morgan fingerprint density at radius 2 is 2.12 bits per heavy atom. The molecule has 2 aliphatic heterocycles. The van der Waals surface area contributed by atoms with Crippen LogP contribution in [-0.4, -0.2) is 54.8 Å². The number of methoxy groups -OCH3 is 1. The number of ether oxygens (including phenoxy) is 2. The lowest BCUT2D eigenvalue weighted by Crippen LogP contribution is -2.46. The molecule has 0 aliphatic carbocycles. The van der Waals surface area contributed by atoms with Crippen LogP contribution < -0.4 is 9.64 Å². The van der Waals surface area contributed by atoms with E-state index < -0.39 is 0 Å². The molecular formula is C18H24N4O2S. The topological polar surface area (TPSA) is 50.7 Å². The SMILES string of the molecule is COc1ccnc(N2CCN(Cc3ccc([C@@H]4CCCO4)s3)CC2)n1. The number of hydrogen-bond acceptors (Lipinski definition) is 7. The predicted octanol–water partition coefficient (Wildman–Crippen LogP) is 2.72. The van der Waals surface area contributed by atoms with Crippen LogP contribution in [0.5, 0.6) is 5.88 Å². The molecule has 1 atom stereocenters. The van der Waals surface area contributed by atoms with Gasteiger partial charge in [0.2, 0.25) is 11.8 Å². The summed E-state index contributed by atoms with van der Waals surface area (Å²) in [5.74, 6) is 1.38. The molecule has 0 unspecified atom stereocenters. The summed E-state index contributed by atoms with van der Waals surface area (Å²) >= 11 is 1.90. The van der Waals surface area contributed by atoms with Gasteiger partial charge in [0.25, 0.3) is 0 Å². The minimum Gasteiger partial charge on any atom is -0.481 e. The van der Waals surface area contributed by atoms with E-state index in [-0.39, 0.29) is 0 Å². The molecule has 0 aromatic carbocycles. The first-order valence-electron chi connectivity index (χ1n) is 8.86. The molecule has 0 saturated carbocycles. The molecule has 2 aromatic heterocycles. The predicted molar refractivity (Wildman–Crippen MR) is 98.3 cm³/mol. The molecule has 0 bridgehead atoms. The van der Waals surface area contributed by atoms with Gasteiger partial charge in [0, 0.05) is 61.3 Å². The van der Waals surface area contributed by atoms with Crippen LogP contribution in [0.4, 0.5) is 5.95 Å². The number of hydrogen-bond donors (Lipinski definition) is 0. The van der Waals surface area contributed by atoms with Gasteiger partial charge in [0.05, 0.1) is 13.2 Å². The fourth-order valence-corrected chi connectivity index (χ4v) is 4.52. The molecule has 0 radical (unpaired) electrons. The van der Waals surface area contributed by atoms with Crippen LogP contribution in [0.2, 0.25) is 0 Å². The van der Waals surface area contributed by atoms with Gasteiger partial charge in [0.1, 0.15) is 0 Å². The summed E-state index contributed by atoms with van der Waals surface area (Å²) in [5, 5.41) is 0. The zero-order valence-electron chi connectivity index (χ0n) is 14.6. The van der Waals surface area contributed by atoms with Gasteiger partial charge in [-0.2, -0.15) is 4.98 Å². The molecule has 2 aliphatic rings. The summed E-state index contributed by atoms with van der Waals surface area (Å²) < 4.78 is 11.0. The summed E-state index contributed by atoms with van der Waals surface area (Å²) in [6, 6.07) is 6.29. The highest BCUT2D eigenvalue weighted by molar-refractivity contribution is 7.12. The van der Waals surface area contributed by atoms with Crippen LogP contribution in [0, 0.1) is 0 Å². The molecule has 2 fully saturated rings. The molecular weight excluding hydrogens is 336 g/mol. The lowest BCUT2D eigenvalue weighted by atomic mass is 10.2. The van der Waals surface area contributed by atoms with E-state index in [1.54, 1.807) is 19.4 Å². The van der Waals surface area contributed by atoms with Crippen molar-refractivity contribution < 1.29 is 9.47 Å². The summed E-state index contributed by atoms with van der Waals surface area (Å²) in [4.78, 5) is 16.3. The van der Waals surface area contributed by atoms with Gasteiger partial charge in [-0.3, -0.25) is 4.90 Å². The Kier molecular flexibility index (Phi) is 5.14. The highest BCUT2D eigenvalue weighted by Gasteiger charge is 2.22. The maximum absolute atomic E-state index is 5.79. The van der Waals surface area contributed by atoms with Crippen molar-refractivity contribution in [3.05, 3.63) is 34.2 Å². The second-order valence-corrected chi connectivity index (χ2v) is 7.67. The van der Waals surface area contributed by atoms with Crippen LogP contribution in [-0.2, 0) is 11.3 Å². The van der Waals surface area contributed by atoms with Crippen molar-refractivity contribution in [3.8, 4) is 5.88 Å². The van der Waals surface area contributed by atoms with Gasteiger partial charge in [0.15, 0.2) is 0 Å². The summed E-state index contributed by atoms with van der Waals surface area (Å²) in [6.07, 6.45) is 4.44. The Morgan fingerprint density at radius 3 is 2.88 bits per heavy atom. The molecule has 4 heterocycles. The fraction of sp³-hybridized carbons (Fsp3) is 0.556. The lowest BCUT2D eigenvalue weighted by molar-refractivity contribution is 0.114. The van der Waals surface area contributed by atoms with Crippen LogP contribution in [0.1, 0.15) is 28.7 Å². The highest BCUT2D eigenvalue weighted by atomic mass is 32.1. The first kappa shape index (κ1) is 16.8. The minimum absolute atomic E-state index is 0.334. The van der Waals surface area contributed by atoms with Crippen molar-refractivity contribution in [2.24, 2.45) is 0 Å². The van der Waals surface area contributed by atoms with E-state index in [1.165, 1.54) is 22.6 Å². The Bertz CT molecular complexity index is 694. The summed E-state index contributed by atoms with van der Waals surface area (Å²) in [7, 11) is 1.63. The monoisotopic (exact) mass is 360 g/mol. The van der Waals surface area contributed by atoms with E-state index in [0.29, 0.717) is 12.0 Å². The summed E-state index contributed by atoms with van der Waals surface area (Å²) in [6.45, 7) is 5.85. The van der Waals surface area contributed by atoms with E-state index in [9.17, 15) is 0 Å². The first-order valence-corrected chi connectivity index (χ1v) is 9.68. The average Bonchev–Trinajstić information content (AvgIpc) is 3.34. The van der Waals surface area contributed by atoms with Crippen LogP contribution in [0.3, 0.4) is 0 Å². The normalized spacial score (nSPS) is 21.6. The first-order chi connectivity index (χ1) is 12.3. The molecule has 2 saturated heterocycles. The van der Waals surface area contributed by atoms with Gasteiger partial charge in [-0.1, -0.05) is 0 Å². The number of aromatic nitrogens is 2. The van der Waals surface area contributed by atoms with Crippen molar-refractivity contribution in [3.63, 3.8) is 0 Å². The average molecular weight is 360 g/mol. The van der Waals surface area contributed by atoms with Gasteiger partial charge >= 0.3 is 0 Å². The maximum atomic E-state index is 5.79. The van der Waals surface area contributed by atoms with Gasteiger partial charge in [-0.15, -0.1) is 11.3 Å². The standard InChI is InChI=1S/C18H24N4O2S/c1-23-17-6-7-19-18(20-17)22-10-8-21(9-11-22)13-14-4-5-16(25-14)15-3-2-12-24-15/h4-7,15H,2-3,8-13H2,1H3/t15-/m0/s1. The Labute approximate surface area is 152 Å². The number of thiophene rings is 1. The maximum Gasteiger partial charge on any atom is 0.228 e. The van der Waals surface area contributed by atoms with Crippen LogP contribution in [0.15, 0.2) is 24.4 Å². The van der Waals surface area contributed by atoms with Crippen molar-refractivity contribution in [1.82, 2.24) is 14.9 Å². The zero-order chi connectivity index (χ0) is 17.1. The molecule has 134 valence electrons. The molecule has 2 aromatic rings. The lowest BCUT2D eigenvalue weighted by Gasteiger charge is -2.34. The highest BCUT2D eigenvalue weighted by Crippen LogP contribution is 2.33. The van der Waals surface area contributed by atoms with Gasteiger partial charge in [-0.05, 0) is 25.0 Å². The van der Waals surface area contributed by atoms with E-state index in [4.69, 9.17) is 9.47 Å². The number of piperazine rings is 1. The van der Waals surface area contributed by atoms with Gasteiger partial charge < -0.3 is 14.4 Å². The Morgan fingerprint density at radius 1 is 1.24 bits per heavy atom. The Hall–Kier alpha value is -1.70. The van der Waals surface area contributed by atoms with E-state index in [1.807, 2.05) is 11.3 Å². The van der Waals surface area contributed by atoms with E-state index >= 15 is 0 Å². The van der Waals surface area contributed by atoms with E-state index in [0.717, 1.165) is 45.3 Å². The molecule has 25 heavy (non-hydrogen) atoms. The van der Waals surface area contributed by atoms with Crippen LogP contribution in [0.25, 0.3) is 0 Å². The minimum atomic E-state index is 0.334. The molecule has 6 nitrogen and oxygen atoms in total. The van der Waals surface area contributed by atoms with Crippen molar-refractivity contribution in [1.29, 1.82) is 0 Å². The van der Waals surface area contributed by atoms with Gasteiger partial charge in [-0.25, -0.2) is 4.98 Å². The van der Waals surface area contributed by atoms with E-state index in [2.05, 4.69) is 31.9 Å². The number of nitrogens with zero attached hydrogens (tertiary/aromatic N) is 4. The van der Waals surface area contributed by atoms with Crippen molar-refractivity contribution in [2.75, 3.05) is 44.8 Å². The summed E-state index contributed by atoms with van der Waals surface area (Å²) in [5.41, 5.74) is 0. The molecule has 0 amide bonds. The third kappa shape index (κ3) is 3.94. The molecule has 7 heteroatoms. The quantitative estimate of drug-likeness (QED) is 0.817. The van der Waals surface area contributed by atoms with Crippen molar-refractivity contribution >= 4 is 17.3 Å².